The highest BCUT2D eigenvalue weighted by molar-refractivity contribution is 5.75. The van der Waals surface area contributed by atoms with Crippen LogP contribution in [0.5, 0.6) is 0 Å². The molecule has 94 valence electrons. The Morgan fingerprint density at radius 2 is 2.24 bits per heavy atom. The maximum atomic E-state index is 11.6. The summed E-state index contributed by atoms with van der Waals surface area (Å²) in [5.41, 5.74) is 0.583. The van der Waals surface area contributed by atoms with Gasteiger partial charge in [-0.25, -0.2) is 4.68 Å². The highest BCUT2D eigenvalue weighted by Gasteiger charge is 2.09. The number of aliphatic carboxylic acids is 1. The summed E-state index contributed by atoms with van der Waals surface area (Å²) in [6, 6.07) is 0. The molecule has 0 radical (unpaired) electrons. The molecule has 0 saturated heterocycles. The van der Waals surface area contributed by atoms with Crippen molar-refractivity contribution in [3.63, 3.8) is 0 Å². The van der Waals surface area contributed by atoms with Crippen LogP contribution >= 0.6 is 0 Å². The van der Waals surface area contributed by atoms with Gasteiger partial charge in [-0.1, -0.05) is 5.21 Å². The maximum absolute atomic E-state index is 11.6. The summed E-state index contributed by atoms with van der Waals surface area (Å²) >= 11 is 0. The smallest absolute Gasteiger partial charge is 0.303 e. The van der Waals surface area contributed by atoms with Crippen molar-refractivity contribution in [2.75, 3.05) is 13.6 Å². The molecule has 1 heterocycles. The van der Waals surface area contributed by atoms with Crippen LogP contribution in [0.3, 0.4) is 0 Å². The molecule has 1 aromatic heterocycles. The molecule has 1 rings (SSSR count). The molecule has 0 saturated carbocycles. The van der Waals surface area contributed by atoms with Crippen molar-refractivity contribution < 1.29 is 14.7 Å². The zero-order chi connectivity index (χ0) is 12.8. The molecular weight excluding hydrogens is 224 g/mol. The number of carboxylic acid groups (broad SMARTS) is 1. The minimum Gasteiger partial charge on any atom is -0.481 e. The quantitative estimate of drug-likeness (QED) is 0.742. The monoisotopic (exact) mass is 240 g/mol. The Balaban J connectivity index is 2.50. The van der Waals surface area contributed by atoms with Crippen molar-refractivity contribution in [3.05, 3.63) is 11.9 Å². The number of hydrogen-bond acceptors (Lipinski definition) is 4. The first-order valence-electron chi connectivity index (χ1n) is 5.37. The molecule has 7 nitrogen and oxygen atoms in total. The van der Waals surface area contributed by atoms with Gasteiger partial charge >= 0.3 is 5.97 Å². The van der Waals surface area contributed by atoms with Crippen molar-refractivity contribution >= 4 is 11.9 Å². The second-order valence-corrected chi connectivity index (χ2v) is 3.71. The maximum Gasteiger partial charge on any atom is 0.303 e. The molecule has 1 N–H and O–H groups in total. The Hall–Kier alpha value is -1.92. The Morgan fingerprint density at radius 3 is 2.82 bits per heavy atom. The molecule has 0 aliphatic heterocycles. The molecule has 0 aliphatic rings. The number of rotatable bonds is 6. The fraction of sp³-hybridized carbons (Fsp3) is 0.600. The second-order valence-electron chi connectivity index (χ2n) is 3.71. The SMILES string of the molecule is CCN(C)C(=O)Cn1cc(CCC(=O)O)nn1. The largest absolute Gasteiger partial charge is 0.481 e. The summed E-state index contributed by atoms with van der Waals surface area (Å²) in [6.07, 6.45) is 1.94. The van der Waals surface area contributed by atoms with Crippen LogP contribution in [0.25, 0.3) is 0 Å². The topological polar surface area (TPSA) is 88.3 Å². The molecule has 0 fully saturated rings. The predicted molar refractivity (Wildman–Crippen MR) is 59.3 cm³/mol. The van der Waals surface area contributed by atoms with Crippen LogP contribution < -0.4 is 0 Å². The third-order valence-corrected chi connectivity index (χ3v) is 2.38. The zero-order valence-electron chi connectivity index (χ0n) is 9.96. The zero-order valence-corrected chi connectivity index (χ0v) is 9.96. The lowest BCUT2D eigenvalue weighted by atomic mass is 10.2. The van der Waals surface area contributed by atoms with E-state index in [4.69, 9.17) is 5.11 Å². The fourth-order valence-corrected chi connectivity index (χ4v) is 1.20. The number of aryl methyl sites for hydroxylation is 1. The third kappa shape index (κ3) is 4.21. The fourth-order valence-electron chi connectivity index (χ4n) is 1.20. The van der Waals surface area contributed by atoms with Crippen LogP contribution in [-0.4, -0.2) is 50.5 Å². The van der Waals surface area contributed by atoms with Crippen LogP contribution in [0, 0.1) is 0 Å². The number of nitrogens with zero attached hydrogens (tertiary/aromatic N) is 4. The van der Waals surface area contributed by atoms with Crippen LogP contribution in [0.15, 0.2) is 6.20 Å². The van der Waals surface area contributed by atoms with Gasteiger partial charge in [0.05, 0.1) is 12.1 Å². The number of aromatic nitrogens is 3. The van der Waals surface area contributed by atoms with Gasteiger partial charge < -0.3 is 10.0 Å². The van der Waals surface area contributed by atoms with Gasteiger partial charge in [-0.3, -0.25) is 9.59 Å². The van der Waals surface area contributed by atoms with Gasteiger partial charge in [0.2, 0.25) is 5.91 Å². The average molecular weight is 240 g/mol. The van der Waals surface area contributed by atoms with E-state index in [-0.39, 0.29) is 18.9 Å². The highest BCUT2D eigenvalue weighted by atomic mass is 16.4. The highest BCUT2D eigenvalue weighted by Crippen LogP contribution is 1.99. The Morgan fingerprint density at radius 1 is 1.53 bits per heavy atom. The summed E-state index contributed by atoms with van der Waals surface area (Å²) in [5.74, 6) is -0.927. The van der Waals surface area contributed by atoms with E-state index in [2.05, 4.69) is 10.3 Å². The van der Waals surface area contributed by atoms with E-state index >= 15 is 0 Å². The molecule has 0 bridgehead atoms. The lowest BCUT2D eigenvalue weighted by molar-refractivity contribution is -0.137. The first-order chi connectivity index (χ1) is 8.02. The number of likely N-dealkylation sites (N-methyl/N-ethyl adjacent to an activating group) is 1. The van der Waals surface area contributed by atoms with Gasteiger partial charge in [0.25, 0.3) is 0 Å². The van der Waals surface area contributed by atoms with Crippen molar-refractivity contribution in [1.82, 2.24) is 19.9 Å². The van der Waals surface area contributed by atoms with Crippen molar-refractivity contribution in [1.29, 1.82) is 0 Å². The number of carbonyl (C=O) groups excluding carboxylic acids is 1. The third-order valence-electron chi connectivity index (χ3n) is 2.38. The molecule has 17 heavy (non-hydrogen) atoms. The average Bonchev–Trinajstić information content (AvgIpc) is 2.73. The summed E-state index contributed by atoms with van der Waals surface area (Å²) in [4.78, 5) is 23.5. The normalized spacial score (nSPS) is 10.2. The van der Waals surface area contributed by atoms with Crippen LogP contribution in [0.4, 0.5) is 0 Å². The first-order valence-corrected chi connectivity index (χ1v) is 5.37. The standard InChI is InChI=1S/C10H16N4O3/c1-3-13(2)9(15)7-14-6-8(11-12-14)4-5-10(16)17/h6H,3-5,7H2,1-2H3,(H,16,17). The minimum atomic E-state index is -0.874. The van der Waals surface area contributed by atoms with E-state index in [0.717, 1.165) is 0 Å². The number of hydrogen-bond donors (Lipinski definition) is 1. The lowest BCUT2D eigenvalue weighted by Crippen LogP contribution is -2.30. The number of carboxylic acids is 1. The molecule has 0 atom stereocenters. The van der Waals surface area contributed by atoms with Crippen molar-refractivity contribution in [2.45, 2.75) is 26.3 Å². The van der Waals surface area contributed by atoms with E-state index < -0.39 is 5.97 Å². The Labute approximate surface area is 99.0 Å². The van der Waals surface area contributed by atoms with E-state index in [1.807, 2.05) is 6.92 Å². The van der Waals surface area contributed by atoms with Gasteiger partial charge in [-0.15, -0.1) is 5.10 Å². The summed E-state index contributed by atoms with van der Waals surface area (Å²) in [6.45, 7) is 2.65. The molecule has 0 spiro atoms. The molecule has 1 amide bonds. The molecule has 0 aliphatic carbocycles. The van der Waals surface area contributed by atoms with Gasteiger partial charge in [0.15, 0.2) is 0 Å². The van der Waals surface area contributed by atoms with E-state index in [1.165, 1.54) is 4.68 Å². The van der Waals surface area contributed by atoms with Crippen molar-refractivity contribution in [3.8, 4) is 0 Å². The van der Waals surface area contributed by atoms with Crippen LogP contribution in [0.1, 0.15) is 19.0 Å². The second kappa shape index (κ2) is 5.97. The number of amides is 1. The van der Waals surface area contributed by atoms with E-state index in [9.17, 15) is 9.59 Å². The summed E-state index contributed by atoms with van der Waals surface area (Å²) in [5, 5.41) is 16.1. The Kier molecular flexibility index (Phi) is 4.62. The summed E-state index contributed by atoms with van der Waals surface area (Å²) < 4.78 is 1.42. The van der Waals surface area contributed by atoms with Crippen LogP contribution in [0.2, 0.25) is 0 Å². The predicted octanol–water partition coefficient (Wildman–Crippen LogP) is -0.226. The minimum absolute atomic E-state index is 0.0154. The molecule has 7 heteroatoms. The van der Waals surface area contributed by atoms with Gasteiger partial charge in [-0.2, -0.15) is 0 Å². The van der Waals surface area contributed by atoms with Gasteiger partial charge in [-0.05, 0) is 6.92 Å². The molecule has 0 aromatic carbocycles. The van der Waals surface area contributed by atoms with Crippen LogP contribution in [-0.2, 0) is 22.6 Å². The molecule has 1 aromatic rings. The van der Waals surface area contributed by atoms with E-state index in [0.29, 0.717) is 18.7 Å². The molecule has 0 unspecified atom stereocenters. The number of carbonyl (C=O) groups is 2. The van der Waals surface area contributed by atoms with E-state index in [1.54, 1.807) is 18.1 Å². The lowest BCUT2D eigenvalue weighted by Gasteiger charge is -2.13. The van der Waals surface area contributed by atoms with Gasteiger partial charge in [0.1, 0.15) is 6.54 Å². The first kappa shape index (κ1) is 13.1. The Bertz CT molecular complexity index is 402. The molecular formula is C10H16N4O3. The van der Waals surface area contributed by atoms with Gasteiger partial charge in [0, 0.05) is 26.2 Å². The van der Waals surface area contributed by atoms with Crippen molar-refractivity contribution in [2.24, 2.45) is 0 Å². The summed E-state index contributed by atoms with van der Waals surface area (Å²) in [7, 11) is 1.71.